The van der Waals surface area contributed by atoms with Crippen LogP contribution in [0.15, 0.2) is 52.5 Å². The number of hydrogen-bond donors (Lipinski definition) is 1. The summed E-state index contributed by atoms with van der Waals surface area (Å²) in [5.74, 6) is 0.236. The van der Waals surface area contributed by atoms with Gasteiger partial charge in [-0.2, -0.15) is 0 Å². The molecule has 8 heteroatoms. The molecule has 0 aliphatic carbocycles. The molecule has 1 N–H and O–H groups in total. The number of anilines is 1. The zero-order valence-electron chi connectivity index (χ0n) is 16.8. The second kappa shape index (κ2) is 9.54. The van der Waals surface area contributed by atoms with E-state index in [0.29, 0.717) is 10.9 Å². The van der Waals surface area contributed by atoms with Crippen LogP contribution in [0.3, 0.4) is 0 Å². The number of benzene rings is 1. The SMILES string of the molecule is CC[C@@H](C)c1ccccc1NC(=O)[C@H](C)Sc1ccc(S(=O)(=O)N(C)C)cn1. The van der Waals surface area contributed by atoms with Crippen LogP contribution in [-0.4, -0.2) is 43.0 Å². The number of pyridine rings is 1. The Labute approximate surface area is 171 Å². The van der Waals surface area contributed by atoms with Crippen LogP contribution in [0.2, 0.25) is 0 Å². The molecule has 0 unspecified atom stereocenters. The van der Waals surface area contributed by atoms with Crippen molar-refractivity contribution in [2.24, 2.45) is 0 Å². The van der Waals surface area contributed by atoms with Gasteiger partial charge in [-0.15, -0.1) is 0 Å². The first kappa shape index (κ1) is 22.4. The van der Waals surface area contributed by atoms with Gasteiger partial charge in [-0.05, 0) is 43.0 Å². The number of nitrogens with zero attached hydrogens (tertiary/aromatic N) is 2. The lowest BCUT2D eigenvalue weighted by atomic mass is 9.97. The predicted molar refractivity (Wildman–Crippen MR) is 114 cm³/mol. The number of amides is 1. The highest BCUT2D eigenvalue weighted by Crippen LogP contribution is 2.28. The van der Waals surface area contributed by atoms with Crippen molar-refractivity contribution in [3.05, 3.63) is 48.2 Å². The quantitative estimate of drug-likeness (QED) is 0.653. The molecule has 1 heterocycles. The van der Waals surface area contributed by atoms with Crippen molar-refractivity contribution in [3.63, 3.8) is 0 Å². The van der Waals surface area contributed by atoms with Gasteiger partial charge < -0.3 is 5.32 Å². The van der Waals surface area contributed by atoms with Crippen LogP contribution in [0.4, 0.5) is 5.69 Å². The molecule has 0 aliphatic rings. The fourth-order valence-electron chi connectivity index (χ4n) is 2.53. The summed E-state index contributed by atoms with van der Waals surface area (Å²) >= 11 is 1.29. The summed E-state index contributed by atoms with van der Waals surface area (Å²) in [7, 11) is -0.565. The van der Waals surface area contributed by atoms with Gasteiger partial charge >= 0.3 is 0 Å². The second-order valence-corrected chi connectivity index (χ2v) is 10.3. The lowest BCUT2D eigenvalue weighted by Crippen LogP contribution is -2.23. The average molecular weight is 422 g/mol. The molecule has 0 spiro atoms. The van der Waals surface area contributed by atoms with Gasteiger partial charge in [-0.3, -0.25) is 4.79 Å². The zero-order valence-corrected chi connectivity index (χ0v) is 18.5. The van der Waals surface area contributed by atoms with E-state index in [-0.39, 0.29) is 16.1 Å². The number of nitrogens with one attached hydrogen (secondary N) is 1. The number of thioether (sulfide) groups is 1. The molecule has 1 amide bonds. The van der Waals surface area contributed by atoms with Gasteiger partial charge in [0.2, 0.25) is 15.9 Å². The van der Waals surface area contributed by atoms with Crippen molar-refractivity contribution >= 4 is 33.4 Å². The minimum absolute atomic E-state index is 0.118. The fourth-order valence-corrected chi connectivity index (χ4v) is 4.17. The molecule has 0 bridgehead atoms. The molecule has 1 aromatic heterocycles. The Morgan fingerprint density at radius 1 is 1.18 bits per heavy atom. The highest BCUT2D eigenvalue weighted by molar-refractivity contribution is 8.00. The second-order valence-electron chi connectivity index (χ2n) is 6.77. The van der Waals surface area contributed by atoms with E-state index in [1.807, 2.05) is 24.3 Å². The van der Waals surface area contributed by atoms with Gasteiger partial charge in [0.05, 0.1) is 10.3 Å². The zero-order chi connectivity index (χ0) is 20.9. The summed E-state index contributed by atoms with van der Waals surface area (Å²) in [6.45, 7) is 6.06. The van der Waals surface area contributed by atoms with Crippen molar-refractivity contribution in [3.8, 4) is 0 Å². The number of hydrogen-bond acceptors (Lipinski definition) is 5. The molecular formula is C20H27N3O3S2. The molecule has 28 heavy (non-hydrogen) atoms. The molecule has 6 nitrogen and oxygen atoms in total. The first-order valence-electron chi connectivity index (χ1n) is 9.11. The maximum atomic E-state index is 12.6. The third-order valence-corrected chi connectivity index (χ3v) is 7.37. The largest absolute Gasteiger partial charge is 0.325 e. The summed E-state index contributed by atoms with van der Waals surface area (Å²) in [5, 5.41) is 3.22. The Hall–Kier alpha value is -1.90. The lowest BCUT2D eigenvalue weighted by Gasteiger charge is -2.17. The molecular weight excluding hydrogens is 394 g/mol. The first-order chi connectivity index (χ1) is 13.2. The van der Waals surface area contributed by atoms with Gasteiger partial charge in [-0.25, -0.2) is 17.7 Å². The molecule has 0 fully saturated rings. The Bertz CT molecular complexity index is 913. The van der Waals surface area contributed by atoms with Gasteiger partial charge in [0.25, 0.3) is 0 Å². The van der Waals surface area contributed by atoms with Crippen LogP contribution in [0.5, 0.6) is 0 Å². The number of carbonyl (C=O) groups excluding carboxylic acids is 1. The maximum Gasteiger partial charge on any atom is 0.244 e. The topological polar surface area (TPSA) is 79.4 Å². The maximum absolute atomic E-state index is 12.6. The Balaban J connectivity index is 2.07. The van der Waals surface area contributed by atoms with Crippen LogP contribution in [0.25, 0.3) is 0 Å². The molecule has 2 rings (SSSR count). The van der Waals surface area contributed by atoms with E-state index in [0.717, 1.165) is 22.0 Å². The summed E-state index contributed by atoms with van der Waals surface area (Å²) in [4.78, 5) is 17.0. The van der Waals surface area contributed by atoms with E-state index in [1.54, 1.807) is 13.0 Å². The standard InChI is InChI=1S/C20H27N3O3S2/c1-6-14(2)17-9-7-8-10-18(17)22-20(24)15(3)27-19-12-11-16(13-21-19)28(25,26)23(4)5/h7-15H,6H2,1-5H3,(H,22,24)/t14-,15+/m1/s1. The summed E-state index contributed by atoms with van der Waals surface area (Å²) in [6, 6.07) is 11.0. The van der Waals surface area contributed by atoms with Crippen LogP contribution in [-0.2, 0) is 14.8 Å². The molecule has 2 atom stereocenters. The summed E-state index contributed by atoms with van der Waals surface area (Å²) < 4.78 is 25.3. The highest BCUT2D eigenvalue weighted by Gasteiger charge is 2.20. The van der Waals surface area contributed by atoms with Gasteiger partial charge in [-0.1, -0.05) is 43.8 Å². The molecule has 1 aromatic carbocycles. The van der Waals surface area contributed by atoms with Crippen LogP contribution in [0.1, 0.15) is 38.7 Å². The predicted octanol–water partition coefficient (Wildman–Crippen LogP) is 3.96. The van der Waals surface area contributed by atoms with Crippen molar-refractivity contribution in [2.75, 3.05) is 19.4 Å². The molecule has 152 valence electrons. The minimum atomic E-state index is -3.51. The Morgan fingerprint density at radius 2 is 1.86 bits per heavy atom. The number of para-hydroxylation sites is 1. The van der Waals surface area contributed by atoms with E-state index >= 15 is 0 Å². The van der Waals surface area contributed by atoms with Crippen molar-refractivity contribution in [2.45, 2.75) is 48.3 Å². The molecule has 0 saturated heterocycles. The number of sulfonamides is 1. The first-order valence-corrected chi connectivity index (χ1v) is 11.4. The van der Waals surface area contributed by atoms with E-state index in [2.05, 4.69) is 24.1 Å². The smallest absolute Gasteiger partial charge is 0.244 e. The summed E-state index contributed by atoms with van der Waals surface area (Å²) in [6.07, 6.45) is 2.31. The number of rotatable bonds is 8. The van der Waals surface area contributed by atoms with Gasteiger partial charge in [0.15, 0.2) is 0 Å². The Morgan fingerprint density at radius 3 is 2.43 bits per heavy atom. The molecule has 0 saturated carbocycles. The number of aromatic nitrogens is 1. The van der Waals surface area contributed by atoms with Gasteiger partial charge in [0, 0.05) is 26.0 Å². The van der Waals surface area contributed by atoms with Crippen molar-refractivity contribution in [1.82, 2.24) is 9.29 Å². The van der Waals surface area contributed by atoms with Crippen LogP contribution < -0.4 is 5.32 Å². The lowest BCUT2D eigenvalue weighted by molar-refractivity contribution is -0.115. The fraction of sp³-hybridized carbons (Fsp3) is 0.400. The van der Waals surface area contributed by atoms with Crippen LogP contribution >= 0.6 is 11.8 Å². The van der Waals surface area contributed by atoms with Crippen LogP contribution in [0, 0.1) is 0 Å². The normalized spacial score (nSPS) is 13.9. The Kier molecular flexibility index (Phi) is 7.63. The number of carbonyl (C=O) groups is 1. The third-order valence-electron chi connectivity index (χ3n) is 4.52. The molecule has 2 aromatic rings. The minimum Gasteiger partial charge on any atom is -0.325 e. The van der Waals surface area contributed by atoms with E-state index in [1.165, 1.54) is 38.1 Å². The summed E-state index contributed by atoms with van der Waals surface area (Å²) in [5.41, 5.74) is 1.95. The van der Waals surface area contributed by atoms with Crippen molar-refractivity contribution in [1.29, 1.82) is 0 Å². The molecule has 0 radical (unpaired) electrons. The van der Waals surface area contributed by atoms with E-state index in [4.69, 9.17) is 0 Å². The monoisotopic (exact) mass is 421 g/mol. The average Bonchev–Trinajstić information content (AvgIpc) is 2.68. The van der Waals surface area contributed by atoms with Crippen molar-refractivity contribution < 1.29 is 13.2 Å². The van der Waals surface area contributed by atoms with E-state index in [9.17, 15) is 13.2 Å². The third kappa shape index (κ3) is 5.33. The highest BCUT2D eigenvalue weighted by atomic mass is 32.2. The van der Waals surface area contributed by atoms with Gasteiger partial charge in [0.1, 0.15) is 4.90 Å². The molecule has 0 aliphatic heterocycles. The van der Waals surface area contributed by atoms with E-state index < -0.39 is 10.0 Å².